The molecule has 12 heavy (non-hydrogen) atoms. The van der Waals surface area contributed by atoms with Crippen LogP contribution in [0.25, 0.3) is 0 Å². The molecule has 0 unspecified atom stereocenters. The third-order valence-corrected chi connectivity index (χ3v) is 1.53. The molecule has 0 bridgehead atoms. The molecule has 0 saturated carbocycles. The van der Waals surface area contributed by atoms with E-state index in [-0.39, 0.29) is 12.3 Å². The molecule has 0 radical (unpaired) electrons. The van der Waals surface area contributed by atoms with Crippen molar-refractivity contribution in [1.82, 2.24) is 4.98 Å². The molecule has 0 atom stereocenters. The molecule has 0 fully saturated rings. The number of aliphatic hydroxyl groups excluding tert-OH is 1. The monoisotopic (exact) mass is 170 g/mol. The van der Waals surface area contributed by atoms with Gasteiger partial charge in [-0.05, 0) is 18.7 Å². The first-order valence-electron chi connectivity index (χ1n) is 3.73. The largest absolute Gasteiger partial charge is 0.390 e. The van der Waals surface area contributed by atoms with Crippen molar-refractivity contribution in [2.75, 3.05) is 6.54 Å². The minimum atomic E-state index is -0.474. The lowest BCUT2D eigenvalue weighted by atomic mass is 10.2. The Labute approximate surface area is 70.0 Å². The smallest absolute Gasteiger partial charge is 0.147 e. The van der Waals surface area contributed by atoms with E-state index in [1.54, 1.807) is 6.07 Å². The number of nitrogens with zero attached hydrogens (tertiary/aromatic N) is 1. The van der Waals surface area contributed by atoms with Crippen LogP contribution < -0.4 is 5.73 Å². The Morgan fingerprint density at radius 1 is 1.50 bits per heavy atom. The quantitative estimate of drug-likeness (QED) is 0.682. The summed E-state index contributed by atoms with van der Waals surface area (Å²) < 4.78 is 12.8. The van der Waals surface area contributed by atoms with Crippen LogP contribution in [0.1, 0.15) is 11.4 Å². The SMILES string of the molecule is NCCc1ccc(F)c(CO)n1. The number of pyridine rings is 1. The van der Waals surface area contributed by atoms with Gasteiger partial charge < -0.3 is 10.8 Å². The fourth-order valence-electron chi connectivity index (χ4n) is 0.928. The fourth-order valence-corrected chi connectivity index (χ4v) is 0.928. The topological polar surface area (TPSA) is 59.1 Å². The van der Waals surface area contributed by atoms with Gasteiger partial charge in [0.15, 0.2) is 0 Å². The van der Waals surface area contributed by atoms with Crippen molar-refractivity contribution in [3.05, 3.63) is 29.3 Å². The van der Waals surface area contributed by atoms with E-state index in [2.05, 4.69) is 4.98 Å². The second kappa shape index (κ2) is 4.13. The van der Waals surface area contributed by atoms with E-state index in [4.69, 9.17) is 10.8 Å². The minimum Gasteiger partial charge on any atom is -0.390 e. The van der Waals surface area contributed by atoms with Crippen molar-refractivity contribution >= 4 is 0 Å². The molecule has 1 aromatic rings. The van der Waals surface area contributed by atoms with Crippen LogP contribution in [0.5, 0.6) is 0 Å². The molecule has 3 nitrogen and oxygen atoms in total. The Hall–Kier alpha value is -1.00. The van der Waals surface area contributed by atoms with Gasteiger partial charge in [0.05, 0.1) is 6.61 Å². The molecule has 4 heteroatoms. The lowest BCUT2D eigenvalue weighted by molar-refractivity contribution is 0.269. The molecule has 0 aliphatic heterocycles. The van der Waals surface area contributed by atoms with Crippen LogP contribution in [0.15, 0.2) is 12.1 Å². The van der Waals surface area contributed by atoms with Crippen molar-refractivity contribution in [2.24, 2.45) is 5.73 Å². The lowest BCUT2D eigenvalue weighted by Crippen LogP contribution is -2.06. The molecular weight excluding hydrogens is 159 g/mol. The van der Waals surface area contributed by atoms with E-state index >= 15 is 0 Å². The maximum Gasteiger partial charge on any atom is 0.147 e. The number of nitrogens with two attached hydrogens (primary N) is 1. The number of aromatic nitrogens is 1. The number of hydrogen-bond donors (Lipinski definition) is 2. The second-order valence-corrected chi connectivity index (χ2v) is 2.43. The van der Waals surface area contributed by atoms with Crippen molar-refractivity contribution in [3.8, 4) is 0 Å². The van der Waals surface area contributed by atoms with Gasteiger partial charge in [0, 0.05) is 12.1 Å². The average molecular weight is 170 g/mol. The maximum atomic E-state index is 12.8. The first-order valence-corrected chi connectivity index (χ1v) is 3.73. The van der Waals surface area contributed by atoms with Gasteiger partial charge in [-0.25, -0.2) is 4.39 Å². The van der Waals surface area contributed by atoms with Crippen molar-refractivity contribution < 1.29 is 9.50 Å². The summed E-state index contributed by atoms with van der Waals surface area (Å²) in [5.41, 5.74) is 6.09. The number of aliphatic hydroxyl groups is 1. The summed E-state index contributed by atoms with van der Waals surface area (Å²) in [4.78, 5) is 3.88. The van der Waals surface area contributed by atoms with Crippen molar-refractivity contribution in [3.63, 3.8) is 0 Å². The van der Waals surface area contributed by atoms with Crippen LogP contribution in [-0.4, -0.2) is 16.6 Å². The van der Waals surface area contributed by atoms with E-state index in [9.17, 15) is 4.39 Å². The van der Waals surface area contributed by atoms with E-state index in [1.807, 2.05) is 0 Å². The first kappa shape index (κ1) is 9.09. The van der Waals surface area contributed by atoms with Crippen LogP contribution in [0, 0.1) is 5.82 Å². The van der Waals surface area contributed by atoms with Gasteiger partial charge >= 0.3 is 0 Å². The van der Waals surface area contributed by atoms with Crippen LogP contribution in [0.4, 0.5) is 4.39 Å². The van der Waals surface area contributed by atoms with Crippen LogP contribution in [0.3, 0.4) is 0 Å². The first-order chi connectivity index (χ1) is 5.77. The summed E-state index contributed by atoms with van der Waals surface area (Å²) in [7, 11) is 0. The zero-order valence-corrected chi connectivity index (χ0v) is 6.63. The fraction of sp³-hybridized carbons (Fsp3) is 0.375. The molecule has 0 aromatic carbocycles. The van der Waals surface area contributed by atoms with Crippen molar-refractivity contribution in [2.45, 2.75) is 13.0 Å². The third kappa shape index (κ3) is 1.99. The summed E-state index contributed by atoms with van der Waals surface area (Å²) in [6, 6.07) is 2.87. The summed E-state index contributed by atoms with van der Waals surface area (Å²) in [6.45, 7) is 0.105. The predicted octanol–water partition coefficient (Wildman–Crippen LogP) is 0.214. The van der Waals surface area contributed by atoms with Gasteiger partial charge in [0.25, 0.3) is 0 Å². The number of hydrogen-bond acceptors (Lipinski definition) is 3. The molecule has 0 aliphatic carbocycles. The van der Waals surface area contributed by atoms with Gasteiger partial charge in [-0.15, -0.1) is 0 Å². The summed E-state index contributed by atoms with van der Waals surface area (Å²) in [6.07, 6.45) is 0.604. The van der Waals surface area contributed by atoms with Gasteiger partial charge in [0.1, 0.15) is 11.5 Å². The Morgan fingerprint density at radius 3 is 2.83 bits per heavy atom. The number of halogens is 1. The van der Waals surface area contributed by atoms with Crippen molar-refractivity contribution in [1.29, 1.82) is 0 Å². The van der Waals surface area contributed by atoms with E-state index in [0.717, 1.165) is 0 Å². The maximum absolute atomic E-state index is 12.8. The lowest BCUT2D eigenvalue weighted by Gasteiger charge is -2.01. The van der Waals surface area contributed by atoms with Gasteiger partial charge in [-0.2, -0.15) is 0 Å². The van der Waals surface area contributed by atoms with E-state index in [1.165, 1.54) is 6.07 Å². The normalized spacial score (nSPS) is 10.2. The van der Waals surface area contributed by atoms with Gasteiger partial charge in [0.2, 0.25) is 0 Å². The Kier molecular flexibility index (Phi) is 3.13. The van der Waals surface area contributed by atoms with Gasteiger partial charge in [-0.1, -0.05) is 0 Å². The summed E-state index contributed by atoms with van der Waals surface area (Å²) in [5, 5.41) is 8.68. The molecule has 1 heterocycles. The average Bonchev–Trinajstić information content (AvgIpc) is 2.09. The van der Waals surface area contributed by atoms with Crippen LogP contribution in [-0.2, 0) is 13.0 Å². The Morgan fingerprint density at radius 2 is 2.25 bits per heavy atom. The molecule has 0 saturated heterocycles. The molecule has 66 valence electrons. The van der Waals surface area contributed by atoms with E-state index in [0.29, 0.717) is 18.7 Å². The molecule has 0 amide bonds. The molecule has 1 aromatic heterocycles. The highest BCUT2D eigenvalue weighted by Gasteiger charge is 2.02. The molecule has 0 aliphatic rings. The number of rotatable bonds is 3. The highest BCUT2D eigenvalue weighted by Crippen LogP contribution is 2.05. The predicted molar refractivity (Wildman–Crippen MR) is 42.9 cm³/mol. The third-order valence-electron chi connectivity index (χ3n) is 1.53. The molecular formula is C8H11FN2O. The standard InChI is InChI=1S/C8H11FN2O/c9-7-2-1-6(3-4-10)11-8(7)5-12/h1-2,12H,3-5,10H2. The molecule has 0 spiro atoms. The zero-order chi connectivity index (χ0) is 8.97. The van der Waals surface area contributed by atoms with Crippen LogP contribution >= 0.6 is 0 Å². The molecule has 3 N–H and O–H groups in total. The highest BCUT2D eigenvalue weighted by atomic mass is 19.1. The summed E-state index contributed by atoms with van der Waals surface area (Å²) >= 11 is 0. The van der Waals surface area contributed by atoms with Crippen LogP contribution in [0.2, 0.25) is 0 Å². The van der Waals surface area contributed by atoms with E-state index < -0.39 is 5.82 Å². The molecule has 1 rings (SSSR count). The second-order valence-electron chi connectivity index (χ2n) is 2.43. The Balaban J connectivity index is 2.89. The van der Waals surface area contributed by atoms with Gasteiger partial charge in [-0.3, -0.25) is 4.98 Å². The highest BCUT2D eigenvalue weighted by molar-refractivity contribution is 5.13. The minimum absolute atomic E-state index is 0.0842. The summed E-state index contributed by atoms with van der Waals surface area (Å²) in [5.74, 6) is -0.474. The Bertz CT molecular complexity index is 265. The zero-order valence-electron chi connectivity index (χ0n) is 6.63.